The molecular weight excluding hydrogens is 370 g/mol. The molecule has 3 heterocycles. The first-order valence-electron chi connectivity index (χ1n) is 9.35. The molecule has 150 valence electrons. The Balaban J connectivity index is 1.68. The lowest BCUT2D eigenvalue weighted by Crippen LogP contribution is -2.63. The Morgan fingerprint density at radius 1 is 1.44 bits per heavy atom. The minimum absolute atomic E-state index is 0.0141. The number of aliphatic hydroxyl groups is 1. The van der Waals surface area contributed by atoms with E-state index in [1.54, 1.807) is 14.0 Å². The number of carbonyl (C=O) groups excluding carboxylic acids is 2. The van der Waals surface area contributed by atoms with Crippen LogP contribution in [0.5, 0.6) is 0 Å². The predicted molar refractivity (Wildman–Crippen MR) is 101 cm³/mol. The zero-order valence-corrected chi connectivity index (χ0v) is 16.6. The molecule has 27 heavy (non-hydrogen) atoms. The highest BCUT2D eigenvalue weighted by molar-refractivity contribution is 8.03. The number of carboxylic acid groups (broad SMARTS) is 1. The van der Waals surface area contributed by atoms with Crippen molar-refractivity contribution in [1.82, 2.24) is 15.5 Å². The third-order valence-electron chi connectivity index (χ3n) is 5.79. The first-order valence-corrected chi connectivity index (χ1v) is 10.2. The lowest BCUT2D eigenvalue weighted by molar-refractivity contribution is -0.163. The van der Waals surface area contributed by atoms with Crippen molar-refractivity contribution in [3.8, 4) is 0 Å². The number of amides is 2. The number of hydrogen-bond donors (Lipinski definition) is 4. The number of rotatable bonds is 7. The molecule has 0 spiro atoms. The van der Waals surface area contributed by atoms with Gasteiger partial charge in [0, 0.05) is 42.1 Å². The summed E-state index contributed by atoms with van der Waals surface area (Å²) in [5.41, 5.74) is 0.0770. The van der Waals surface area contributed by atoms with E-state index in [0.717, 1.165) is 24.3 Å². The first-order chi connectivity index (χ1) is 12.8. The first kappa shape index (κ1) is 20.2. The molecule has 4 N–H and O–H groups in total. The smallest absolute Gasteiger partial charge is 0.353 e. The van der Waals surface area contributed by atoms with Crippen molar-refractivity contribution in [2.75, 3.05) is 13.6 Å². The maximum Gasteiger partial charge on any atom is 0.353 e. The number of aliphatic hydroxyl groups excluding tert-OH is 1. The molecule has 9 heteroatoms. The van der Waals surface area contributed by atoms with Gasteiger partial charge in [-0.15, -0.1) is 11.8 Å². The maximum atomic E-state index is 12.4. The second-order valence-corrected chi connectivity index (χ2v) is 8.91. The fourth-order valence-electron chi connectivity index (χ4n) is 4.38. The van der Waals surface area contributed by atoms with Gasteiger partial charge in [0.15, 0.2) is 0 Å². The Labute approximate surface area is 162 Å². The van der Waals surface area contributed by atoms with Gasteiger partial charge in [0.05, 0.1) is 18.1 Å². The summed E-state index contributed by atoms with van der Waals surface area (Å²) < 4.78 is 0. The topological polar surface area (TPSA) is 119 Å². The van der Waals surface area contributed by atoms with Crippen LogP contribution in [0.25, 0.3) is 0 Å². The lowest BCUT2D eigenvalue weighted by Gasteiger charge is -2.46. The molecule has 0 radical (unpaired) electrons. The molecule has 3 aliphatic heterocycles. The van der Waals surface area contributed by atoms with Crippen LogP contribution in [-0.2, 0) is 14.4 Å². The Hall–Kier alpha value is -1.58. The van der Waals surface area contributed by atoms with Gasteiger partial charge < -0.3 is 25.7 Å². The lowest BCUT2D eigenvalue weighted by atomic mass is 9.79. The van der Waals surface area contributed by atoms with Crippen molar-refractivity contribution in [3.05, 3.63) is 10.6 Å². The van der Waals surface area contributed by atoms with Crippen molar-refractivity contribution in [1.29, 1.82) is 0 Å². The molecule has 0 bridgehead atoms. The highest BCUT2D eigenvalue weighted by atomic mass is 32.2. The average molecular weight is 397 g/mol. The number of β-lactam (4-membered cyclic amide) rings is 1. The van der Waals surface area contributed by atoms with E-state index in [9.17, 15) is 24.6 Å². The summed E-state index contributed by atoms with van der Waals surface area (Å²) >= 11 is 1.53. The molecular formula is C18H27N3O5S. The number of carboxylic acids is 1. The standard InChI is InChI=1S/C18H27N3O5S/c1-8-14-13(9(2)22)17(24)21(14)15(18(25)26)16(8)27-11-6-10(20-7-11)4-5-12(23)19-3/h8-11,13-14,20,22H,4-7H2,1-3H3,(H,19,23)(H,25,26)/t8-,9-,10-,11+,13?,14?/m1/s1. The third kappa shape index (κ3) is 3.60. The summed E-state index contributed by atoms with van der Waals surface area (Å²) in [7, 11) is 1.62. The molecule has 8 nitrogen and oxygen atoms in total. The van der Waals surface area contributed by atoms with E-state index in [2.05, 4.69) is 10.6 Å². The van der Waals surface area contributed by atoms with Gasteiger partial charge in [-0.25, -0.2) is 4.79 Å². The second kappa shape index (κ2) is 7.81. The van der Waals surface area contributed by atoms with E-state index in [1.807, 2.05) is 6.92 Å². The number of thioether (sulfide) groups is 1. The van der Waals surface area contributed by atoms with Crippen LogP contribution >= 0.6 is 11.8 Å². The molecule has 2 unspecified atom stereocenters. The molecule has 0 aliphatic carbocycles. The van der Waals surface area contributed by atoms with E-state index in [1.165, 1.54) is 16.7 Å². The summed E-state index contributed by atoms with van der Waals surface area (Å²) in [6.45, 7) is 4.25. The molecule has 0 saturated carbocycles. The van der Waals surface area contributed by atoms with Gasteiger partial charge in [-0.2, -0.15) is 0 Å². The molecule has 3 aliphatic rings. The Bertz CT molecular complexity index is 680. The number of nitrogens with zero attached hydrogens (tertiary/aromatic N) is 1. The second-order valence-electron chi connectivity index (χ2n) is 7.56. The molecule has 2 saturated heterocycles. The zero-order valence-electron chi connectivity index (χ0n) is 15.8. The molecule has 0 aromatic heterocycles. The summed E-state index contributed by atoms with van der Waals surface area (Å²) in [6.07, 6.45) is 1.27. The van der Waals surface area contributed by atoms with Crippen LogP contribution in [-0.4, -0.2) is 69.9 Å². The normalized spacial score (nSPS) is 33.7. The van der Waals surface area contributed by atoms with Gasteiger partial charge in [0.25, 0.3) is 0 Å². The van der Waals surface area contributed by atoms with Crippen LogP contribution in [0.15, 0.2) is 10.6 Å². The van der Waals surface area contributed by atoms with Gasteiger partial charge in [-0.1, -0.05) is 6.92 Å². The van der Waals surface area contributed by atoms with Crippen molar-refractivity contribution in [2.24, 2.45) is 11.8 Å². The van der Waals surface area contributed by atoms with Gasteiger partial charge >= 0.3 is 5.97 Å². The number of carbonyl (C=O) groups is 3. The molecule has 6 atom stereocenters. The van der Waals surface area contributed by atoms with E-state index < -0.39 is 18.0 Å². The molecule has 3 rings (SSSR count). The number of hydrogen-bond acceptors (Lipinski definition) is 6. The highest BCUT2D eigenvalue weighted by Gasteiger charge is 2.60. The average Bonchev–Trinajstić information content (AvgIpc) is 3.14. The van der Waals surface area contributed by atoms with Gasteiger partial charge in [0.1, 0.15) is 5.70 Å². The summed E-state index contributed by atoms with van der Waals surface area (Å²) in [4.78, 5) is 37.7. The Morgan fingerprint density at radius 3 is 2.74 bits per heavy atom. The maximum absolute atomic E-state index is 12.4. The van der Waals surface area contributed by atoms with Crippen molar-refractivity contribution in [2.45, 2.75) is 56.5 Å². The van der Waals surface area contributed by atoms with Crippen LogP contribution in [0.1, 0.15) is 33.1 Å². The fraction of sp³-hybridized carbons (Fsp3) is 0.722. The van der Waals surface area contributed by atoms with Gasteiger partial charge in [0.2, 0.25) is 11.8 Å². The minimum Gasteiger partial charge on any atom is -0.477 e. The van der Waals surface area contributed by atoms with Crippen LogP contribution in [0.3, 0.4) is 0 Å². The monoisotopic (exact) mass is 397 g/mol. The molecule has 0 aromatic carbocycles. The van der Waals surface area contributed by atoms with E-state index in [-0.39, 0.29) is 40.8 Å². The van der Waals surface area contributed by atoms with Crippen LogP contribution in [0.4, 0.5) is 0 Å². The molecule has 2 fully saturated rings. The van der Waals surface area contributed by atoms with Crippen molar-refractivity contribution in [3.63, 3.8) is 0 Å². The number of fused-ring (bicyclic) bond motifs is 1. The zero-order chi connectivity index (χ0) is 19.9. The number of aliphatic carboxylic acids is 1. The van der Waals surface area contributed by atoms with Crippen molar-refractivity contribution < 1.29 is 24.6 Å². The van der Waals surface area contributed by atoms with Crippen LogP contribution in [0.2, 0.25) is 0 Å². The van der Waals surface area contributed by atoms with E-state index in [4.69, 9.17) is 0 Å². The summed E-state index contributed by atoms with van der Waals surface area (Å²) in [6, 6.07) is -0.0428. The quantitative estimate of drug-likeness (QED) is 0.451. The van der Waals surface area contributed by atoms with Crippen LogP contribution in [0, 0.1) is 11.8 Å². The van der Waals surface area contributed by atoms with E-state index >= 15 is 0 Å². The molecule has 0 aromatic rings. The largest absolute Gasteiger partial charge is 0.477 e. The fourth-order valence-corrected chi connectivity index (χ4v) is 5.90. The van der Waals surface area contributed by atoms with Crippen molar-refractivity contribution >= 4 is 29.5 Å². The minimum atomic E-state index is -1.09. The predicted octanol–water partition coefficient (Wildman–Crippen LogP) is 0.130. The van der Waals surface area contributed by atoms with Gasteiger partial charge in [-0.05, 0) is 19.8 Å². The third-order valence-corrected chi connectivity index (χ3v) is 7.30. The Morgan fingerprint density at radius 2 is 2.15 bits per heavy atom. The van der Waals surface area contributed by atoms with E-state index in [0.29, 0.717) is 6.42 Å². The SMILES string of the molecule is CNC(=O)CC[C@@H]1C[C@H](SC2=C(C(=O)O)N3C(=O)C([C@@H](C)O)C3[C@H]2C)CN1. The highest BCUT2D eigenvalue weighted by Crippen LogP contribution is 2.51. The summed E-state index contributed by atoms with van der Waals surface area (Å²) in [5, 5.41) is 25.8. The summed E-state index contributed by atoms with van der Waals surface area (Å²) in [5.74, 6) is -2.02. The number of nitrogens with one attached hydrogen (secondary N) is 2. The van der Waals surface area contributed by atoms with Crippen LogP contribution < -0.4 is 10.6 Å². The Kier molecular flexibility index (Phi) is 5.83. The van der Waals surface area contributed by atoms with Gasteiger partial charge in [-0.3, -0.25) is 9.59 Å². The molecule has 2 amide bonds.